The molecule has 0 aliphatic heterocycles. The summed E-state index contributed by atoms with van der Waals surface area (Å²) in [6.45, 7) is 0.855. The fourth-order valence-electron chi connectivity index (χ4n) is 3.59. The highest BCUT2D eigenvalue weighted by Crippen LogP contribution is 2.35. The van der Waals surface area contributed by atoms with Gasteiger partial charge in [-0.1, -0.05) is 19.3 Å². The first kappa shape index (κ1) is 14.3. The molecule has 4 nitrogen and oxygen atoms in total. The van der Waals surface area contributed by atoms with E-state index in [-0.39, 0.29) is 12.0 Å². The summed E-state index contributed by atoms with van der Waals surface area (Å²) in [6, 6.07) is 0.510. The molecule has 114 valence electrons. The smallest absolute Gasteiger partial charge is 0.237 e. The largest absolute Gasteiger partial charge is 0.378 e. The van der Waals surface area contributed by atoms with Crippen molar-refractivity contribution in [1.82, 2.24) is 5.32 Å². The van der Waals surface area contributed by atoms with Crippen molar-refractivity contribution in [1.29, 1.82) is 0 Å². The van der Waals surface area contributed by atoms with E-state index in [2.05, 4.69) is 5.32 Å². The van der Waals surface area contributed by atoms with Gasteiger partial charge in [0.15, 0.2) is 0 Å². The summed E-state index contributed by atoms with van der Waals surface area (Å²) in [5, 5.41) is 3.50. The molecule has 3 N–H and O–H groups in total. The number of nitrogens with two attached hydrogens (primary N) is 1. The predicted octanol–water partition coefficient (Wildman–Crippen LogP) is 2.11. The van der Waals surface area contributed by atoms with Crippen LogP contribution < -0.4 is 11.1 Å². The van der Waals surface area contributed by atoms with Crippen molar-refractivity contribution in [2.75, 3.05) is 6.61 Å². The molecule has 0 spiro atoms. The first-order chi connectivity index (χ1) is 9.68. The molecular weight excluding hydrogens is 252 g/mol. The predicted molar refractivity (Wildman–Crippen MR) is 78.2 cm³/mol. The van der Waals surface area contributed by atoms with Gasteiger partial charge in [0.1, 0.15) is 5.54 Å². The lowest BCUT2D eigenvalue weighted by molar-refractivity contribution is -0.128. The number of carbonyl (C=O) groups excluding carboxylic acids is 1. The molecule has 2 atom stereocenters. The fourth-order valence-corrected chi connectivity index (χ4v) is 3.59. The second-order valence-corrected chi connectivity index (χ2v) is 7.04. The molecule has 0 heterocycles. The van der Waals surface area contributed by atoms with Gasteiger partial charge in [-0.25, -0.2) is 0 Å². The minimum Gasteiger partial charge on any atom is -0.378 e. The Morgan fingerprint density at radius 3 is 2.60 bits per heavy atom. The lowest BCUT2D eigenvalue weighted by Gasteiger charge is -2.39. The minimum absolute atomic E-state index is 0.184. The Kier molecular flexibility index (Phi) is 4.32. The zero-order chi connectivity index (χ0) is 14.0. The lowest BCUT2D eigenvalue weighted by atomic mass is 9.79. The molecule has 20 heavy (non-hydrogen) atoms. The van der Waals surface area contributed by atoms with Gasteiger partial charge in [-0.2, -0.15) is 0 Å². The molecule has 3 aliphatic carbocycles. The highest BCUT2D eigenvalue weighted by atomic mass is 16.5. The van der Waals surface area contributed by atoms with Crippen molar-refractivity contribution in [3.63, 3.8) is 0 Å². The van der Waals surface area contributed by atoms with E-state index in [4.69, 9.17) is 10.5 Å². The maximum Gasteiger partial charge on any atom is 0.237 e. The van der Waals surface area contributed by atoms with E-state index in [9.17, 15) is 4.79 Å². The maximum atomic E-state index is 11.9. The van der Waals surface area contributed by atoms with Crippen LogP contribution in [0.25, 0.3) is 0 Å². The van der Waals surface area contributed by atoms with Gasteiger partial charge in [-0.15, -0.1) is 0 Å². The third-order valence-corrected chi connectivity index (χ3v) is 5.34. The second-order valence-electron chi connectivity index (χ2n) is 7.04. The second kappa shape index (κ2) is 6.02. The van der Waals surface area contributed by atoms with E-state index >= 15 is 0 Å². The van der Waals surface area contributed by atoms with Gasteiger partial charge in [0, 0.05) is 19.1 Å². The number of nitrogens with one attached hydrogen (secondary N) is 1. The van der Waals surface area contributed by atoms with Crippen LogP contribution in [0.4, 0.5) is 0 Å². The molecule has 0 bridgehead atoms. The van der Waals surface area contributed by atoms with Crippen LogP contribution in [0.5, 0.6) is 0 Å². The number of primary amides is 1. The third kappa shape index (κ3) is 3.34. The van der Waals surface area contributed by atoms with Crippen LogP contribution in [0.3, 0.4) is 0 Å². The number of carbonyl (C=O) groups is 1. The Labute approximate surface area is 121 Å². The van der Waals surface area contributed by atoms with Crippen LogP contribution >= 0.6 is 0 Å². The quantitative estimate of drug-likeness (QED) is 0.750. The highest BCUT2D eigenvalue weighted by molar-refractivity contribution is 5.85. The molecule has 3 saturated carbocycles. The minimum atomic E-state index is -0.499. The van der Waals surface area contributed by atoms with E-state index in [1.54, 1.807) is 0 Å². The average molecular weight is 280 g/mol. The van der Waals surface area contributed by atoms with Crippen LogP contribution in [-0.4, -0.2) is 30.2 Å². The molecule has 0 aromatic rings. The molecule has 0 saturated heterocycles. The first-order valence-corrected chi connectivity index (χ1v) is 8.37. The summed E-state index contributed by atoms with van der Waals surface area (Å²) < 4.78 is 6.05. The fraction of sp³-hybridized carbons (Fsp3) is 0.938. The number of ether oxygens (including phenoxy) is 1. The molecule has 3 rings (SSSR count). The molecular formula is C16H28N2O2. The maximum absolute atomic E-state index is 11.9. The molecule has 3 aliphatic rings. The summed E-state index contributed by atoms with van der Waals surface area (Å²) in [5.41, 5.74) is 5.19. The van der Waals surface area contributed by atoms with Crippen LogP contribution in [0.1, 0.15) is 64.2 Å². The Bertz CT molecular complexity index is 352. The molecule has 4 heteroatoms. The van der Waals surface area contributed by atoms with Gasteiger partial charge in [0.2, 0.25) is 5.91 Å². The van der Waals surface area contributed by atoms with Crippen LogP contribution in [0.15, 0.2) is 0 Å². The van der Waals surface area contributed by atoms with Crippen LogP contribution in [0, 0.1) is 5.92 Å². The highest BCUT2D eigenvalue weighted by Gasteiger charge is 2.44. The van der Waals surface area contributed by atoms with Gasteiger partial charge in [0.05, 0.1) is 6.10 Å². The summed E-state index contributed by atoms with van der Waals surface area (Å²) in [5.74, 6) is 0.709. The zero-order valence-corrected chi connectivity index (χ0v) is 12.4. The summed E-state index contributed by atoms with van der Waals surface area (Å²) in [7, 11) is 0. The SMILES string of the molecule is NC(=O)C1(NC2CC2)CCCC(OCCC2CCC2)C1. The van der Waals surface area contributed by atoms with Crippen molar-refractivity contribution in [3.05, 3.63) is 0 Å². The van der Waals surface area contributed by atoms with Crippen molar-refractivity contribution < 1.29 is 9.53 Å². The summed E-state index contributed by atoms with van der Waals surface area (Å²) in [6.07, 6.45) is 11.7. The van der Waals surface area contributed by atoms with Gasteiger partial charge in [-0.3, -0.25) is 4.79 Å². The lowest BCUT2D eigenvalue weighted by Crippen LogP contribution is -2.59. The van der Waals surface area contributed by atoms with E-state index in [1.807, 2.05) is 0 Å². The molecule has 1 amide bonds. The van der Waals surface area contributed by atoms with Gasteiger partial charge >= 0.3 is 0 Å². The van der Waals surface area contributed by atoms with E-state index in [0.29, 0.717) is 6.04 Å². The average Bonchev–Trinajstić information content (AvgIpc) is 3.16. The Morgan fingerprint density at radius 1 is 1.20 bits per heavy atom. The first-order valence-electron chi connectivity index (χ1n) is 8.37. The van der Waals surface area contributed by atoms with E-state index < -0.39 is 5.54 Å². The number of hydrogen-bond acceptors (Lipinski definition) is 3. The standard InChI is InChI=1S/C16H28N2O2/c17-15(19)16(18-13-6-7-13)9-2-5-14(11-16)20-10-8-12-3-1-4-12/h12-14,18H,1-11H2,(H2,17,19). The van der Waals surface area contributed by atoms with Crippen LogP contribution in [0.2, 0.25) is 0 Å². The van der Waals surface area contributed by atoms with Crippen molar-refractivity contribution in [2.24, 2.45) is 11.7 Å². The molecule has 3 fully saturated rings. The topological polar surface area (TPSA) is 64.4 Å². The molecule has 2 unspecified atom stereocenters. The van der Waals surface area contributed by atoms with Crippen LogP contribution in [-0.2, 0) is 9.53 Å². The zero-order valence-electron chi connectivity index (χ0n) is 12.4. The normalized spacial score (nSPS) is 34.7. The van der Waals surface area contributed by atoms with Crippen molar-refractivity contribution in [3.8, 4) is 0 Å². The van der Waals surface area contributed by atoms with E-state index in [1.165, 1.54) is 38.5 Å². The van der Waals surface area contributed by atoms with Crippen molar-refractivity contribution >= 4 is 5.91 Å². The molecule has 0 aromatic heterocycles. The van der Waals surface area contributed by atoms with Crippen molar-refractivity contribution in [2.45, 2.75) is 81.9 Å². The summed E-state index contributed by atoms with van der Waals surface area (Å²) >= 11 is 0. The monoisotopic (exact) mass is 280 g/mol. The van der Waals surface area contributed by atoms with Gasteiger partial charge in [0.25, 0.3) is 0 Å². The van der Waals surface area contributed by atoms with Gasteiger partial charge in [-0.05, 0) is 44.4 Å². The molecule has 0 radical (unpaired) electrons. The number of amides is 1. The number of hydrogen-bond donors (Lipinski definition) is 2. The Hall–Kier alpha value is -0.610. The van der Waals surface area contributed by atoms with Gasteiger partial charge < -0.3 is 15.8 Å². The molecule has 0 aromatic carbocycles. The Balaban J connectivity index is 1.49. The summed E-state index contributed by atoms with van der Waals surface area (Å²) in [4.78, 5) is 11.9. The third-order valence-electron chi connectivity index (χ3n) is 5.34. The van der Waals surface area contributed by atoms with E-state index in [0.717, 1.165) is 38.2 Å². The Morgan fingerprint density at radius 2 is 2.00 bits per heavy atom. The number of rotatable bonds is 7.